The van der Waals surface area contributed by atoms with Gasteiger partial charge in [0.1, 0.15) is 5.82 Å². The van der Waals surface area contributed by atoms with Crippen LogP contribution in [0.3, 0.4) is 0 Å². The highest BCUT2D eigenvalue weighted by Crippen LogP contribution is 2.45. The molecule has 0 bridgehead atoms. The van der Waals surface area contributed by atoms with Crippen LogP contribution >= 0.6 is 0 Å². The average Bonchev–Trinajstić information content (AvgIpc) is 2.80. The molecular formula is C17H23FO. The summed E-state index contributed by atoms with van der Waals surface area (Å²) in [7, 11) is 0. The third-order valence-electron chi connectivity index (χ3n) is 4.28. The molecule has 0 heterocycles. The van der Waals surface area contributed by atoms with Gasteiger partial charge in [-0.1, -0.05) is 38.8 Å². The van der Waals surface area contributed by atoms with E-state index in [0.29, 0.717) is 17.0 Å². The van der Waals surface area contributed by atoms with Crippen molar-refractivity contribution in [1.82, 2.24) is 0 Å². The number of carbonyl (C=O) groups is 1. The third-order valence-corrected chi connectivity index (χ3v) is 4.28. The van der Waals surface area contributed by atoms with Crippen molar-refractivity contribution < 1.29 is 9.18 Å². The van der Waals surface area contributed by atoms with Gasteiger partial charge in [0.05, 0.1) is 0 Å². The molecule has 1 aliphatic carbocycles. The van der Waals surface area contributed by atoms with Crippen molar-refractivity contribution in [3.05, 3.63) is 35.1 Å². The van der Waals surface area contributed by atoms with Gasteiger partial charge in [-0.25, -0.2) is 4.39 Å². The summed E-state index contributed by atoms with van der Waals surface area (Å²) in [5, 5.41) is 0. The molecule has 1 saturated carbocycles. The quantitative estimate of drug-likeness (QED) is 0.704. The van der Waals surface area contributed by atoms with Crippen LogP contribution in [0.5, 0.6) is 0 Å². The number of rotatable bonds is 4. The Hall–Kier alpha value is -1.18. The van der Waals surface area contributed by atoms with Crippen molar-refractivity contribution in [2.45, 2.75) is 52.9 Å². The van der Waals surface area contributed by atoms with Crippen LogP contribution in [-0.4, -0.2) is 5.78 Å². The number of benzene rings is 1. The lowest BCUT2D eigenvalue weighted by Gasteiger charge is -2.29. The minimum atomic E-state index is -0.274. The maximum Gasteiger partial charge on any atom is 0.169 e. The second kappa shape index (κ2) is 5.44. The van der Waals surface area contributed by atoms with Crippen LogP contribution in [0.2, 0.25) is 0 Å². The Labute approximate surface area is 115 Å². The second-order valence-corrected chi connectivity index (χ2v) is 6.38. The van der Waals surface area contributed by atoms with Crippen LogP contribution in [0.15, 0.2) is 18.2 Å². The minimum absolute atomic E-state index is 0.151. The Morgan fingerprint density at radius 2 is 1.95 bits per heavy atom. The largest absolute Gasteiger partial charge is 0.294 e. The van der Waals surface area contributed by atoms with E-state index < -0.39 is 0 Å². The van der Waals surface area contributed by atoms with E-state index in [2.05, 4.69) is 13.8 Å². The van der Waals surface area contributed by atoms with Gasteiger partial charge in [-0.3, -0.25) is 4.79 Å². The Bertz CT molecular complexity index is 470. The van der Waals surface area contributed by atoms with Gasteiger partial charge in [-0.15, -0.1) is 0 Å². The molecule has 1 nitrogen and oxygen atoms in total. The minimum Gasteiger partial charge on any atom is -0.294 e. The summed E-state index contributed by atoms with van der Waals surface area (Å²) in [6.45, 7) is 6.04. The van der Waals surface area contributed by atoms with Crippen LogP contribution in [-0.2, 0) is 0 Å². The highest BCUT2D eigenvalue weighted by molar-refractivity contribution is 6.00. The second-order valence-electron chi connectivity index (χ2n) is 6.38. The molecule has 0 amide bonds. The predicted octanol–water partition coefficient (Wildman–Crippen LogP) is 4.92. The smallest absolute Gasteiger partial charge is 0.169 e. The number of Topliss-reactive ketones (excluding diaryl/α,β-unsaturated/α-hetero) is 1. The molecule has 0 atom stereocenters. The van der Waals surface area contributed by atoms with Gasteiger partial charge in [0, 0.05) is 11.0 Å². The molecule has 0 N–H and O–H groups in total. The zero-order valence-corrected chi connectivity index (χ0v) is 12.1. The summed E-state index contributed by atoms with van der Waals surface area (Å²) >= 11 is 0. The molecule has 0 aliphatic heterocycles. The fourth-order valence-corrected chi connectivity index (χ4v) is 3.40. The maximum atomic E-state index is 13.7. The van der Waals surface area contributed by atoms with Gasteiger partial charge in [-0.05, 0) is 43.7 Å². The van der Waals surface area contributed by atoms with E-state index >= 15 is 0 Å². The first-order chi connectivity index (χ1) is 8.94. The van der Waals surface area contributed by atoms with Gasteiger partial charge >= 0.3 is 0 Å². The topological polar surface area (TPSA) is 17.1 Å². The van der Waals surface area contributed by atoms with Crippen molar-refractivity contribution in [3.63, 3.8) is 0 Å². The number of hydrogen-bond acceptors (Lipinski definition) is 1. The van der Waals surface area contributed by atoms with Gasteiger partial charge < -0.3 is 0 Å². The lowest BCUT2D eigenvalue weighted by molar-refractivity contribution is 0.0759. The third kappa shape index (κ3) is 2.88. The monoisotopic (exact) mass is 262 g/mol. The zero-order valence-electron chi connectivity index (χ0n) is 12.1. The maximum absolute atomic E-state index is 13.7. The lowest BCUT2D eigenvalue weighted by atomic mass is 9.73. The molecule has 19 heavy (non-hydrogen) atoms. The zero-order chi connectivity index (χ0) is 14.0. The summed E-state index contributed by atoms with van der Waals surface area (Å²) in [6.07, 6.45) is 5.07. The van der Waals surface area contributed by atoms with E-state index in [-0.39, 0.29) is 17.0 Å². The molecule has 0 unspecified atom stereocenters. The molecule has 0 spiro atoms. The van der Waals surface area contributed by atoms with Crippen molar-refractivity contribution in [3.8, 4) is 0 Å². The molecule has 0 aromatic heterocycles. The Morgan fingerprint density at radius 3 is 2.47 bits per heavy atom. The van der Waals surface area contributed by atoms with E-state index in [4.69, 9.17) is 0 Å². The van der Waals surface area contributed by atoms with Gasteiger partial charge in [0.15, 0.2) is 5.78 Å². The number of hydrogen-bond donors (Lipinski definition) is 0. The molecule has 104 valence electrons. The molecule has 1 aromatic carbocycles. The van der Waals surface area contributed by atoms with Crippen LogP contribution in [0.25, 0.3) is 0 Å². The molecule has 1 aliphatic rings. The Kier molecular flexibility index (Phi) is 4.07. The first-order valence-corrected chi connectivity index (χ1v) is 7.25. The van der Waals surface area contributed by atoms with E-state index in [1.54, 1.807) is 19.1 Å². The van der Waals surface area contributed by atoms with E-state index in [0.717, 1.165) is 32.1 Å². The first-order valence-electron chi connectivity index (χ1n) is 7.25. The number of aryl methyl sites for hydroxylation is 1. The average molecular weight is 262 g/mol. The number of ketones is 1. The first kappa shape index (κ1) is 14.2. The fourth-order valence-electron chi connectivity index (χ4n) is 3.40. The molecular weight excluding hydrogens is 239 g/mol. The summed E-state index contributed by atoms with van der Waals surface area (Å²) in [6, 6.07) is 4.90. The predicted molar refractivity (Wildman–Crippen MR) is 75.8 cm³/mol. The van der Waals surface area contributed by atoms with Gasteiger partial charge in [0.25, 0.3) is 0 Å². The highest BCUT2D eigenvalue weighted by atomic mass is 19.1. The Morgan fingerprint density at radius 1 is 1.32 bits per heavy atom. The molecule has 2 heteroatoms. The van der Waals surface area contributed by atoms with E-state index in [1.165, 1.54) is 6.07 Å². The van der Waals surface area contributed by atoms with Crippen LogP contribution in [0.1, 0.15) is 61.9 Å². The molecule has 1 aromatic rings. The standard InChI is InChI=1S/C17H23FO/c1-12(2)11-17(8-4-5-9-17)16(19)14-7-6-13(3)15(18)10-14/h6-7,10,12H,4-5,8-9,11H2,1-3H3. The van der Waals surface area contributed by atoms with Crippen molar-refractivity contribution >= 4 is 5.78 Å². The summed E-state index contributed by atoms with van der Waals surface area (Å²) < 4.78 is 13.7. The molecule has 0 radical (unpaired) electrons. The van der Waals surface area contributed by atoms with E-state index in [1.807, 2.05) is 0 Å². The van der Waals surface area contributed by atoms with Crippen LogP contribution < -0.4 is 0 Å². The molecule has 0 saturated heterocycles. The molecule has 2 rings (SSSR count). The highest BCUT2D eigenvalue weighted by Gasteiger charge is 2.41. The summed E-state index contributed by atoms with van der Waals surface area (Å²) in [5.74, 6) is 0.374. The normalized spacial score (nSPS) is 17.9. The van der Waals surface area contributed by atoms with Gasteiger partial charge in [0.2, 0.25) is 0 Å². The van der Waals surface area contributed by atoms with Crippen molar-refractivity contribution in [2.24, 2.45) is 11.3 Å². The summed E-state index contributed by atoms with van der Waals surface area (Å²) in [5.41, 5.74) is 0.905. The van der Waals surface area contributed by atoms with Crippen LogP contribution in [0, 0.1) is 24.1 Å². The number of halogens is 1. The summed E-state index contributed by atoms with van der Waals surface area (Å²) in [4.78, 5) is 12.8. The molecule has 1 fully saturated rings. The SMILES string of the molecule is Cc1ccc(C(=O)C2(CC(C)C)CCCC2)cc1F. The van der Waals surface area contributed by atoms with Crippen molar-refractivity contribution in [2.75, 3.05) is 0 Å². The fraction of sp³-hybridized carbons (Fsp3) is 0.588. The lowest BCUT2D eigenvalue weighted by Crippen LogP contribution is -2.30. The van der Waals surface area contributed by atoms with E-state index in [9.17, 15) is 9.18 Å². The Balaban J connectivity index is 2.31. The van der Waals surface area contributed by atoms with Gasteiger partial charge in [-0.2, -0.15) is 0 Å². The van der Waals surface area contributed by atoms with Crippen molar-refractivity contribution in [1.29, 1.82) is 0 Å². The van der Waals surface area contributed by atoms with Crippen LogP contribution in [0.4, 0.5) is 4.39 Å². The number of carbonyl (C=O) groups excluding carboxylic acids is 1.